The summed E-state index contributed by atoms with van der Waals surface area (Å²) in [6.07, 6.45) is 3.65. The second-order valence-corrected chi connectivity index (χ2v) is 8.64. The van der Waals surface area contributed by atoms with E-state index in [1.165, 1.54) is 29.0 Å². The van der Waals surface area contributed by atoms with Crippen molar-refractivity contribution in [1.82, 2.24) is 19.2 Å². The lowest BCUT2D eigenvalue weighted by molar-refractivity contribution is -0.124. The van der Waals surface area contributed by atoms with Crippen LogP contribution in [0.25, 0.3) is 0 Å². The molecule has 2 aromatic rings. The zero-order valence-corrected chi connectivity index (χ0v) is 16.1. The highest BCUT2D eigenvalue weighted by atomic mass is 32.2. The fourth-order valence-corrected chi connectivity index (χ4v) is 4.77. The first-order valence-electron chi connectivity index (χ1n) is 8.84. The highest BCUT2D eigenvalue weighted by Gasteiger charge is 2.44. The fraction of sp³-hybridized carbons (Fsp3) is 0.444. The van der Waals surface area contributed by atoms with E-state index in [1.54, 1.807) is 23.7 Å². The van der Waals surface area contributed by atoms with Crippen molar-refractivity contribution in [1.29, 1.82) is 0 Å². The summed E-state index contributed by atoms with van der Waals surface area (Å²) in [5.74, 6) is -1.45. The predicted molar refractivity (Wildman–Crippen MR) is 97.9 cm³/mol. The van der Waals surface area contributed by atoms with Gasteiger partial charge in [0.05, 0.1) is 12.2 Å². The molecule has 0 spiro atoms. The van der Waals surface area contributed by atoms with Crippen LogP contribution in [0.5, 0.6) is 0 Å². The third kappa shape index (κ3) is 4.03. The summed E-state index contributed by atoms with van der Waals surface area (Å²) in [5.41, 5.74) is 0.742. The van der Waals surface area contributed by atoms with Crippen LogP contribution in [0, 0.1) is 11.7 Å². The molecule has 27 heavy (non-hydrogen) atoms. The lowest BCUT2D eigenvalue weighted by Gasteiger charge is -2.18. The number of halogens is 1. The molecule has 1 amide bonds. The molecule has 1 aliphatic heterocycles. The monoisotopic (exact) mass is 394 g/mol. The maximum Gasteiger partial charge on any atom is 0.262 e. The number of nitrogens with one attached hydrogen (secondary N) is 1. The van der Waals surface area contributed by atoms with E-state index >= 15 is 0 Å². The summed E-state index contributed by atoms with van der Waals surface area (Å²) in [6, 6.07) is 5.87. The van der Waals surface area contributed by atoms with Crippen LogP contribution in [0.3, 0.4) is 0 Å². The molecule has 0 saturated carbocycles. The quantitative estimate of drug-likeness (QED) is 0.805. The molecule has 7 nitrogen and oxygen atoms in total. The fourth-order valence-electron chi connectivity index (χ4n) is 3.31. The number of hydrogen-bond acceptors (Lipinski definition) is 4. The molecule has 146 valence electrons. The second kappa shape index (κ2) is 7.77. The van der Waals surface area contributed by atoms with Crippen LogP contribution in [0.4, 0.5) is 4.39 Å². The molecule has 1 aromatic heterocycles. The van der Waals surface area contributed by atoms with Gasteiger partial charge >= 0.3 is 0 Å². The van der Waals surface area contributed by atoms with Crippen molar-refractivity contribution < 1.29 is 17.6 Å². The minimum atomic E-state index is -3.81. The van der Waals surface area contributed by atoms with Crippen molar-refractivity contribution in [3.63, 3.8) is 0 Å². The van der Waals surface area contributed by atoms with Gasteiger partial charge in [0.2, 0.25) is 5.91 Å². The molecule has 1 fully saturated rings. The van der Waals surface area contributed by atoms with Crippen LogP contribution in [-0.2, 0) is 21.9 Å². The summed E-state index contributed by atoms with van der Waals surface area (Å²) in [5, 5.41) is 2.80. The van der Waals surface area contributed by atoms with Gasteiger partial charge in [0.1, 0.15) is 5.82 Å². The average Bonchev–Trinajstić information content (AvgIpc) is 3.28. The average molecular weight is 394 g/mol. The highest BCUT2D eigenvalue weighted by Crippen LogP contribution is 2.35. The Balaban J connectivity index is 1.90. The van der Waals surface area contributed by atoms with E-state index in [0.29, 0.717) is 6.54 Å². The number of nitrogens with zero attached hydrogens (tertiary/aromatic N) is 3. The van der Waals surface area contributed by atoms with Crippen LogP contribution >= 0.6 is 0 Å². The van der Waals surface area contributed by atoms with Gasteiger partial charge in [-0.2, -0.15) is 4.31 Å². The molecule has 1 N–H and O–H groups in total. The van der Waals surface area contributed by atoms with Crippen LogP contribution < -0.4 is 5.32 Å². The number of rotatable bonds is 6. The summed E-state index contributed by atoms with van der Waals surface area (Å²) in [7, 11) is -2.11. The summed E-state index contributed by atoms with van der Waals surface area (Å²) in [4.78, 5) is 16.6. The number of carbonyl (C=O) groups is 1. The van der Waals surface area contributed by atoms with E-state index < -0.39 is 15.9 Å². The van der Waals surface area contributed by atoms with Crippen molar-refractivity contribution in [2.75, 3.05) is 19.6 Å². The Labute approximate surface area is 158 Å². The molecule has 1 aromatic carbocycles. The van der Waals surface area contributed by atoms with Gasteiger partial charge < -0.3 is 9.88 Å². The molecule has 9 heteroatoms. The molecule has 0 aliphatic carbocycles. The molecule has 1 aliphatic rings. The number of aryl methyl sites for hydroxylation is 1. The van der Waals surface area contributed by atoms with Gasteiger partial charge in [-0.25, -0.2) is 17.8 Å². The summed E-state index contributed by atoms with van der Waals surface area (Å²) < 4.78 is 42.0. The van der Waals surface area contributed by atoms with Crippen molar-refractivity contribution >= 4 is 15.9 Å². The minimum Gasteiger partial charge on any atom is -0.356 e. The molecule has 1 saturated heterocycles. The molecule has 0 bridgehead atoms. The summed E-state index contributed by atoms with van der Waals surface area (Å²) >= 11 is 0. The number of carbonyl (C=O) groups excluding carboxylic acids is 1. The number of benzene rings is 1. The molecule has 2 heterocycles. The van der Waals surface area contributed by atoms with Crippen molar-refractivity contribution in [2.45, 2.75) is 24.3 Å². The van der Waals surface area contributed by atoms with E-state index in [-0.39, 0.29) is 35.8 Å². The largest absolute Gasteiger partial charge is 0.356 e. The van der Waals surface area contributed by atoms with E-state index in [9.17, 15) is 17.6 Å². The second-order valence-electron chi connectivity index (χ2n) is 6.75. The number of amides is 1. The highest BCUT2D eigenvalue weighted by molar-refractivity contribution is 7.89. The zero-order chi connectivity index (χ0) is 19.6. The van der Waals surface area contributed by atoms with Gasteiger partial charge in [0, 0.05) is 38.8 Å². The Bertz CT molecular complexity index is 911. The SMILES string of the molecule is CCCNC(=O)[C@@H]1CN(S(=O)(=O)c2cn(C)cn2)C[C@H]1c1ccc(F)cc1. The maximum atomic E-state index is 13.3. The molecule has 3 rings (SSSR count). The Kier molecular flexibility index (Phi) is 5.61. The van der Waals surface area contributed by atoms with Crippen molar-refractivity contribution in [2.24, 2.45) is 13.0 Å². The summed E-state index contributed by atoms with van der Waals surface area (Å²) in [6.45, 7) is 2.69. The van der Waals surface area contributed by atoms with Gasteiger partial charge in [-0.05, 0) is 24.1 Å². The molecule has 0 unspecified atom stereocenters. The normalized spacial score (nSPS) is 20.7. The van der Waals surface area contributed by atoms with E-state index in [1.807, 2.05) is 6.92 Å². The first-order chi connectivity index (χ1) is 12.8. The minimum absolute atomic E-state index is 0.0440. The smallest absolute Gasteiger partial charge is 0.262 e. The third-order valence-corrected chi connectivity index (χ3v) is 6.47. The van der Waals surface area contributed by atoms with Gasteiger partial charge in [-0.1, -0.05) is 19.1 Å². The Morgan fingerprint density at radius 2 is 2.00 bits per heavy atom. The molecular formula is C18H23FN4O3S. The molecule has 2 atom stereocenters. The Morgan fingerprint density at radius 1 is 1.30 bits per heavy atom. The number of aromatic nitrogens is 2. The van der Waals surface area contributed by atoms with Crippen LogP contribution in [0.2, 0.25) is 0 Å². The molecular weight excluding hydrogens is 371 g/mol. The first-order valence-corrected chi connectivity index (χ1v) is 10.3. The van der Waals surface area contributed by atoms with E-state index in [2.05, 4.69) is 10.3 Å². The zero-order valence-electron chi connectivity index (χ0n) is 15.3. The standard InChI is InChI=1S/C18H23FN4O3S/c1-3-8-20-18(24)16-10-23(27(25,26)17-11-22(2)12-21-17)9-15(16)13-4-6-14(19)7-5-13/h4-7,11-12,15-16H,3,8-10H2,1-2H3,(H,20,24)/t15-,16+/m0/s1. The van der Waals surface area contributed by atoms with Gasteiger partial charge in [0.25, 0.3) is 10.0 Å². The van der Waals surface area contributed by atoms with Gasteiger partial charge in [0.15, 0.2) is 5.03 Å². The third-order valence-electron chi connectivity index (χ3n) is 4.76. The Hall–Kier alpha value is -2.26. The van der Waals surface area contributed by atoms with Crippen LogP contribution in [-0.4, -0.2) is 47.8 Å². The lowest BCUT2D eigenvalue weighted by atomic mass is 9.88. The van der Waals surface area contributed by atoms with Crippen LogP contribution in [0.15, 0.2) is 41.8 Å². The van der Waals surface area contributed by atoms with Crippen LogP contribution in [0.1, 0.15) is 24.8 Å². The van der Waals surface area contributed by atoms with E-state index in [4.69, 9.17) is 0 Å². The lowest BCUT2D eigenvalue weighted by Crippen LogP contribution is -2.36. The predicted octanol–water partition coefficient (Wildman–Crippen LogP) is 1.49. The van der Waals surface area contributed by atoms with Crippen molar-refractivity contribution in [3.8, 4) is 0 Å². The number of sulfonamides is 1. The van der Waals surface area contributed by atoms with Gasteiger partial charge in [-0.15, -0.1) is 0 Å². The van der Waals surface area contributed by atoms with E-state index in [0.717, 1.165) is 12.0 Å². The van der Waals surface area contributed by atoms with Crippen molar-refractivity contribution in [3.05, 3.63) is 48.2 Å². The van der Waals surface area contributed by atoms with Gasteiger partial charge in [-0.3, -0.25) is 4.79 Å². The topological polar surface area (TPSA) is 84.3 Å². The number of hydrogen-bond donors (Lipinski definition) is 1. The Morgan fingerprint density at radius 3 is 2.59 bits per heavy atom. The first kappa shape index (κ1) is 19.5. The molecule has 0 radical (unpaired) electrons. The maximum absolute atomic E-state index is 13.3. The number of imidazole rings is 1.